The molecule has 1 aromatic heterocycles. The zero-order chi connectivity index (χ0) is 25.8. The Morgan fingerprint density at radius 1 is 1.06 bits per heavy atom. The highest BCUT2D eigenvalue weighted by molar-refractivity contribution is 5.98. The lowest BCUT2D eigenvalue weighted by atomic mass is 10.0. The third kappa shape index (κ3) is 6.95. The highest BCUT2D eigenvalue weighted by Crippen LogP contribution is 2.26. The van der Waals surface area contributed by atoms with Gasteiger partial charge in [0.15, 0.2) is 0 Å². The van der Waals surface area contributed by atoms with Crippen molar-refractivity contribution in [3.8, 4) is 17.2 Å². The van der Waals surface area contributed by atoms with Crippen molar-refractivity contribution in [1.29, 1.82) is 5.26 Å². The molecule has 36 heavy (non-hydrogen) atoms. The number of nitriles is 1. The molecule has 1 aliphatic heterocycles. The fourth-order valence-electron chi connectivity index (χ4n) is 3.60. The van der Waals surface area contributed by atoms with Crippen molar-refractivity contribution in [2.75, 3.05) is 0 Å². The molecule has 3 nitrogen and oxygen atoms in total. The Morgan fingerprint density at radius 3 is 2.33 bits per heavy atom. The number of hydrogen-bond acceptors (Lipinski definition) is 2. The number of rotatable bonds is 6. The Labute approximate surface area is 214 Å². The van der Waals surface area contributed by atoms with Crippen LogP contribution in [0.2, 0.25) is 0 Å². The summed E-state index contributed by atoms with van der Waals surface area (Å²) in [6.07, 6.45) is 14.1. The van der Waals surface area contributed by atoms with Crippen molar-refractivity contribution in [2.24, 2.45) is 4.99 Å². The van der Waals surface area contributed by atoms with Gasteiger partial charge in [0.25, 0.3) is 0 Å². The standard InChI is InChI=1S/C29H23N3.C4H8/c1-3-22(2)26-10-7-17-31-29(18-26)32-20-27(19-30)28(21-32)25-15-13-24(14-16-25)12-11-23-8-5-4-6-9-23;1-3-4-2/h4-6,8-10,13-18,20-21H,1,11-12H2,2H3;3H,1,4H2,2H3. The van der Waals surface area contributed by atoms with Crippen LogP contribution in [0.1, 0.15) is 37.0 Å². The zero-order valence-electron chi connectivity index (χ0n) is 21.0. The van der Waals surface area contributed by atoms with Gasteiger partial charge in [-0.15, -0.1) is 18.0 Å². The van der Waals surface area contributed by atoms with Gasteiger partial charge in [0.2, 0.25) is 0 Å². The predicted octanol–water partition coefficient (Wildman–Crippen LogP) is 7.98. The Morgan fingerprint density at radius 2 is 1.72 bits per heavy atom. The first kappa shape index (κ1) is 26.0. The van der Waals surface area contributed by atoms with Crippen LogP contribution in [0.3, 0.4) is 0 Å². The summed E-state index contributed by atoms with van der Waals surface area (Å²) >= 11 is 0. The van der Waals surface area contributed by atoms with Crippen LogP contribution in [0.15, 0.2) is 132 Å². The van der Waals surface area contributed by atoms with Gasteiger partial charge in [-0.05, 0) is 66.2 Å². The maximum Gasteiger partial charge on any atom is 0.137 e. The number of aryl methyl sites for hydroxylation is 2. The molecule has 1 aliphatic rings. The van der Waals surface area contributed by atoms with Crippen LogP contribution in [-0.2, 0) is 12.8 Å². The molecular formula is C33H31N3. The summed E-state index contributed by atoms with van der Waals surface area (Å²) in [4.78, 5) is 4.47. The number of hydrogen-bond donors (Lipinski definition) is 0. The SMILES string of the molecule is C=C=C(C)C1=CC(n2cc(C#N)c(-c3ccc(CCc4ccccc4)cc3)c2)=NC=C=C1.C=CCC. The lowest BCUT2D eigenvalue weighted by Gasteiger charge is -2.05. The van der Waals surface area contributed by atoms with E-state index >= 15 is 0 Å². The lowest BCUT2D eigenvalue weighted by molar-refractivity contribution is 0.960. The number of aliphatic imine (C=N–C) groups is 1. The van der Waals surface area contributed by atoms with Gasteiger partial charge in [-0.1, -0.05) is 74.2 Å². The second kappa shape index (κ2) is 13.3. The van der Waals surface area contributed by atoms with E-state index in [2.05, 4.69) is 91.1 Å². The fraction of sp³-hybridized carbons (Fsp3) is 0.152. The van der Waals surface area contributed by atoms with Gasteiger partial charge < -0.3 is 4.57 Å². The van der Waals surface area contributed by atoms with Crippen molar-refractivity contribution in [1.82, 2.24) is 4.57 Å². The number of benzene rings is 2. The van der Waals surface area contributed by atoms with Gasteiger partial charge in [0, 0.05) is 18.0 Å². The molecule has 178 valence electrons. The van der Waals surface area contributed by atoms with E-state index in [0.717, 1.165) is 41.5 Å². The van der Waals surface area contributed by atoms with E-state index in [-0.39, 0.29) is 0 Å². The minimum atomic E-state index is 0.608. The van der Waals surface area contributed by atoms with Gasteiger partial charge in [0.05, 0.1) is 11.8 Å². The summed E-state index contributed by atoms with van der Waals surface area (Å²) in [5.74, 6) is 0.707. The Hall–Kier alpha value is -4.60. The first-order chi connectivity index (χ1) is 17.6. The van der Waals surface area contributed by atoms with E-state index < -0.39 is 0 Å². The number of allylic oxidation sites excluding steroid dienone is 5. The maximum atomic E-state index is 9.72. The lowest BCUT2D eigenvalue weighted by Crippen LogP contribution is -2.06. The molecule has 4 rings (SSSR count). The maximum absolute atomic E-state index is 9.72. The molecule has 0 saturated heterocycles. The molecule has 0 unspecified atom stereocenters. The molecule has 0 saturated carbocycles. The summed E-state index contributed by atoms with van der Waals surface area (Å²) in [5.41, 5.74) is 12.9. The van der Waals surface area contributed by atoms with Gasteiger partial charge >= 0.3 is 0 Å². The first-order valence-electron chi connectivity index (χ1n) is 12.0. The summed E-state index contributed by atoms with van der Waals surface area (Å²) in [6.45, 7) is 11.2. The molecule has 0 N–H and O–H groups in total. The van der Waals surface area contributed by atoms with Crippen molar-refractivity contribution in [2.45, 2.75) is 33.1 Å². The van der Waals surface area contributed by atoms with E-state index in [4.69, 9.17) is 0 Å². The van der Waals surface area contributed by atoms with Gasteiger partial charge in [0.1, 0.15) is 11.9 Å². The average Bonchev–Trinajstić information content (AvgIpc) is 3.22. The van der Waals surface area contributed by atoms with Crippen molar-refractivity contribution in [3.05, 3.63) is 144 Å². The van der Waals surface area contributed by atoms with Gasteiger partial charge in [-0.25, -0.2) is 4.99 Å². The predicted molar refractivity (Wildman–Crippen MR) is 151 cm³/mol. The molecule has 0 amide bonds. The summed E-state index contributed by atoms with van der Waals surface area (Å²) in [5, 5.41) is 9.72. The van der Waals surface area contributed by atoms with Crippen LogP contribution in [0, 0.1) is 11.3 Å². The van der Waals surface area contributed by atoms with Crippen molar-refractivity contribution >= 4 is 5.84 Å². The summed E-state index contributed by atoms with van der Waals surface area (Å²) in [6, 6.07) is 21.3. The quantitative estimate of drug-likeness (QED) is 0.266. The molecule has 0 bridgehead atoms. The van der Waals surface area contributed by atoms with E-state index in [1.807, 2.05) is 48.2 Å². The van der Waals surface area contributed by atoms with Crippen LogP contribution in [0.4, 0.5) is 0 Å². The Balaban J connectivity index is 0.000000840. The van der Waals surface area contributed by atoms with Crippen LogP contribution >= 0.6 is 0 Å². The minimum Gasteiger partial charge on any atom is -0.307 e. The molecule has 0 radical (unpaired) electrons. The van der Waals surface area contributed by atoms with Crippen LogP contribution in [0.25, 0.3) is 11.1 Å². The smallest absolute Gasteiger partial charge is 0.137 e. The van der Waals surface area contributed by atoms with E-state index in [1.54, 1.807) is 6.20 Å². The monoisotopic (exact) mass is 469 g/mol. The average molecular weight is 470 g/mol. The number of aromatic nitrogens is 1. The molecule has 0 aliphatic carbocycles. The Bertz CT molecular complexity index is 1410. The molecular weight excluding hydrogens is 438 g/mol. The molecule has 3 heteroatoms. The zero-order valence-corrected chi connectivity index (χ0v) is 21.0. The summed E-state index contributed by atoms with van der Waals surface area (Å²) < 4.78 is 1.88. The normalized spacial score (nSPS) is 11.7. The fourth-order valence-corrected chi connectivity index (χ4v) is 3.60. The second-order valence-electron chi connectivity index (χ2n) is 8.31. The molecule has 0 fully saturated rings. The molecule has 3 aromatic rings. The van der Waals surface area contributed by atoms with Gasteiger partial charge in [-0.2, -0.15) is 5.26 Å². The minimum absolute atomic E-state index is 0.608. The third-order valence-corrected chi connectivity index (χ3v) is 5.80. The van der Waals surface area contributed by atoms with Crippen molar-refractivity contribution in [3.63, 3.8) is 0 Å². The second-order valence-corrected chi connectivity index (χ2v) is 8.31. The highest BCUT2D eigenvalue weighted by Gasteiger charge is 2.12. The van der Waals surface area contributed by atoms with Crippen LogP contribution < -0.4 is 0 Å². The highest BCUT2D eigenvalue weighted by atomic mass is 15.0. The topological polar surface area (TPSA) is 41.1 Å². The van der Waals surface area contributed by atoms with Crippen molar-refractivity contribution < 1.29 is 0 Å². The molecule has 2 aromatic carbocycles. The Kier molecular flexibility index (Phi) is 9.63. The van der Waals surface area contributed by atoms with Crippen LogP contribution in [0.5, 0.6) is 0 Å². The molecule has 0 atom stereocenters. The summed E-state index contributed by atoms with van der Waals surface area (Å²) in [7, 11) is 0. The van der Waals surface area contributed by atoms with E-state index in [9.17, 15) is 5.26 Å². The van der Waals surface area contributed by atoms with Crippen LogP contribution in [-0.4, -0.2) is 10.4 Å². The van der Waals surface area contributed by atoms with E-state index in [1.165, 1.54) is 11.1 Å². The third-order valence-electron chi connectivity index (χ3n) is 5.80. The first-order valence-corrected chi connectivity index (χ1v) is 12.0. The number of nitrogens with zero attached hydrogens (tertiary/aromatic N) is 3. The van der Waals surface area contributed by atoms with E-state index in [0.29, 0.717) is 11.4 Å². The van der Waals surface area contributed by atoms with Gasteiger partial charge in [-0.3, -0.25) is 0 Å². The molecule has 0 spiro atoms. The molecule has 2 heterocycles. The largest absolute Gasteiger partial charge is 0.307 e.